The molecule has 0 aliphatic carbocycles. The van der Waals surface area contributed by atoms with Gasteiger partial charge < -0.3 is 4.18 Å². The van der Waals surface area contributed by atoms with E-state index in [-0.39, 0.29) is 0 Å². The predicted octanol–water partition coefficient (Wildman–Crippen LogP) is 0.713. The molecule has 0 saturated carbocycles. The number of hydrogen-bond acceptors (Lipinski definition) is 4. The van der Waals surface area contributed by atoms with Gasteiger partial charge >= 0.3 is 10.1 Å². The van der Waals surface area contributed by atoms with E-state index in [9.17, 15) is 8.42 Å². The highest BCUT2D eigenvalue weighted by Crippen LogP contribution is 2.33. The number of nitrogens with zero attached hydrogens (tertiary/aromatic N) is 1. The Morgan fingerprint density at radius 1 is 1.50 bits per heavy atom. The largest absolute Gasteiger partial charge is 0.387 e. The van der Waals surface area contributed by atoms with E-state index < -0.39 is 10.1 Å². The lowest BCUT2D eigenvalue weighted by molar-refractivity contribution is 0.224. The van der Waals surface area contributed by atoms with Gasteiger partial charge in [-0.15, -0.1) is 0 Å². The summed E-state index contributed by atoms with van der Waals surface area (Å²) in [6, 6.07) is 0.826. The first-order chi connectivity index (χ1) is 6.46. The van der Waals surface area contributed by atoms with Crippen LogP contribution in [0.15, 0.2) is 11.8 Å². The molecular weight excluding hydrogens is 202 g/mol. The summed E-state index contributed by atoms with van der Waals surface area (Å²) < 4.78 is 26.8. The van der Waals surface area contributed by atoms with Gasteiger partial charge in [-0.2, -0.15) is 8.42 Å². The van der Waals surface area contributed by atoms with Crippen molar-refractivity contribution in [1.82, 2.24) is 4.90 Å². The summed E-state index contributed by atoms with van der Waals surface area (Å²) in [7, 11) is -1.27. The SMILES string of the molecule is CN1C2C=C(OS(C)(=O)=O)CC1CC2. The molecule has 2 rings (SSSR count). The maximum atomic E-state index is 10.9. The lowest BCUT2D eigenvalue weighted by Crippen LogP contribution is -2.35. The van der Waals surface area contributed by atoms with Crippen LogP contribution in [0.3, 0.4) is 0 Å². The van der Waals surface area contributed by atoms with Crippen molar-refractivity contribution in [2.24, 2.45) is 0 Å². The Morgan fingerprint density at radius 2 is 2.21 bits per heavy atom. The molecule has 2 aliphatic heterocycles. The van der Waals surface area contributed by atoms with Crippen molar-refractivity contribution in [3.63, 3.8) is 0 Å². The molecular formula is C9H15NO3S. The molecule has 80 valence electrons. The molecule has 0 aromatic heterocycles. The van der Waals surface area contributed by atoms with Crippen molar-refractivity contribution >= 4 is 10.1 Å². The molecule has 0 aromatic carbocycles. The quantitative estimate of drug-likeness (QED) is 0.639. The minimum absolute atomic E-state index is 0.366. The fourth-order valence-electron chi connectivity index (χ4n) is 2.26. The highest BCUT2D eigenvalue weighted by molar-refractivity contribution is 7.86. The Balaban J connectivity index is 2.14. The normalized spacial score (nSPS) is 32.9. The maximum Gasteiger partial charge on any atom is 0.305 e. The zero-order valence-corrected chi connectivity index (χ0v) is 9.25. The smallest absolute Gasteiger partial charge is 0.305 e. The summed E-state index contributed by atoms with van der Waals surface area (Å²) in [5, 5.41) is 0. The first-order valence-corrected chi connectivity index (χ1v) is 6.59. The van der Waals surface area contributed by atoms with Gasteiger partial charge in [0, 0.05) is 18.5 Å². The zero-order chi connectivity index (χ0) is 10.3. The minimum atomic E-state index is -3.35. The van der Waals surface area contributed by atoms with Crippen LogP contribution in [0.25, 0.3) is 0 Å². The van der Waals surface area contributed by atoms with Gasteiger partial charge in [-0.05, 0) is 26.0 Å². The topological polar surface area (TPSA) is 46.6 Å². The lowest BCUT2D eigenvalue weighted by atomic mass is 10.1. The second kappa shape index (κ2) is 3.24. The molecule has 0 radical (unpaired) electrons. The van der Waals surface area contributed by atoms with Gasteiger partial charge in [0.2, 0.25) is 0 Å². The van der Waals surface area contributed by atoms with Gasteiger partial charge in [0.15, 0.2) is 0 Å². The Kier molecular flexibility index (Phi) is 2.31. The third-order valence-corrected chi connectivity index (χ3v) is 3.49. The summed E-state index contributed by atoms with van der Waals surface area (Å²) in [6.45, 7) is 0. The standard InChI is InChI=1S/C9H15NO3S/c1-10-7-3-4-8(10)6-9(5-7)13-14(2,11)12/h5,7-8H,3-4,6H2,1-2H3. The van der Waals surface area contributed by atoms with Crippen molar-refractivity contribution in [2.45, 2.75) is 31.3 Å². The van der Waals surface area contributed by atoms with Crippen LogP contribution in [0.4, 0.5) is 0 Å². The molecule has 14 heavy (non-hydrogen) atoms. The van der Waals surface area contributed by atoms with Gasteiger partial charge in [-0.3, -0.25) is 4.90 Å². The van der Waals surface area contributed by atoms with E-state index in [1.807, 2.05) is 6.08 Å². The molecule has 0 N–H and O–H groups in total. The second-order valence-corrected chi connectivity index (χ2v) is 5.66. The van der Waals surface area contributed by atoms with E-state index in [1.54, 1.807) is 0 Å². The van der Waals surface area contributed by atoms with Gasteiger partial charge in [0.05, 0.1) is 6.26 Å². The first-order valence-electron chi connectivity index (χ1n) is 4.78. The van der Waals surface area contributed by atoms with Crippen LogP contribution in [-0.4, -0.2) is 38.7 Å². The van der Waals surface area contributed by atoms with E-state index in [0.29, 0.717) is 17.8 Å². The third-order valence-electron chi connectivity index (χ3n) is 2.97. The van der Waals surface area contributed by atoms with Crippen LogP contribution < -0.4 is 0 Å². The average Bonchev–Trinajstić information content (AvgIpc) is 2.32. The van der Waals surface area contributed by atoms with Gasteiger partial charge in [0.1, 0.15) is 5.76 Å². The molecule has 1 saturated heterocycles. The molecule has 2 heterocycles. The fourth-order valence-corrected chi connectivity index (χ4v) is 2.77. The second-order valence-electron chi connectivity index (χ2n) is 4.09. The lowest BCUT2D eigenvalue weighted by Gasteiger charge is -2.29. The molecule has 0 amide bonds. The number of likely N-dealkylation sites (N-methyl/N-ethyl adjacent to an activating group) is 1. The molecule has 5 heteroatoms. The number of fused-ring (bicyclic) bond motifs is 2. The Hall–Kier alpha value is -0.550. The highest BCUT2D eigenvalue weighted by Gasteiger charge is 2.35. The Labute approximate surface area is 84.7 Å². The summed E-state index contributed by atoms with van der Waals surface area (Å²) in [5.41, 5.74) is 0. The number of rotatable bonds is 2. The van der Waals surface area contributed by atoms with E-state index in [2.05, 4.69) is 11.9 Å². The van der Waals surface area contributed by atoms with Gasteiger partial charge in [-0.1, -0.05) is 0 Å². The van der Waals surface area contributed by atoms with Crippen molar-refractivity contribution in [1.29, 1.82) is 0 Å². The van der Waals surface area contributed by atoms with Crippen LogP contribution in [0.5, 0.6) is 0 Å². The zero-order valence-electron chi connectivity index (χ0n) is 8.43. The summed E-state index contributed by atoms with van der Waals surface area (Å²) in [6.07, 6.45) is 5.99. The molecule has 0 aromatic rings. The third kappa shape index (κ3) is 1.93. The van der Waals surface area contributed by atoms with E-state index in [1.165, 1.54) is 0 Å². The summed E-state index contributed by atoms with van der Waals surface area (Å²) >= 11 is 0. The van der Waals surface area contributed by atoms with Crippen molar-refractivity contribution in [3.05, 3.63) is 11.8 Å². The van der Waals surface area contributed by atoms with Crippen molar-refractivity contribution < 1.29 is 12.6 Å². The molecule has 2 bridgehead atoms. The molecule has 4 nitrogen and oxygen atoms in total. The monoisotopic (exact) mass is 217 g/mol. The van der Waals surface area contributed by atoms with Crippen LogP contribution >= 0.6 is 0 Å². The molecule has 2 unspecified atom stereocenters. The molecule has 2 aliphatic rings. The van der Waals surface area contributed by atoms with Crippen LogP contribution in [0.2, 0.25) is 0 Å². The molecule has 2 atom stereocenters. The van der Waals surface area contributed by atoms with Crippen LogP contribution in [0, 0.1) is 0 Å². The van der Waals surface area contributed by atoms with Gasteiger partial charge in [-0.25, -0.2) is 0 Å². The summed E-state index contributed by atoms with van der Waals surface area (Å²) in [4.78, 5) is 2.29. The average molecular weight is 217 g/mol. The van der Waals surface area contributed by atoms with Gasteiger partial charge in [0.25, 0.3) is 0 Å². The maximum absolute atomic E-state index is 10.9. The van der Waals surface area contributed by atoms with Crippen LogP contribution in [-0.2, 0) is 14.3 Å². The van der Waals surface area contributed by atoms with Crippen molar-refractivity contribution in [2.75, 3.05) is 13.3 Å². The Bertz CT molecular complexity index is 360. The van der Waals surface area contributed by atoms with E-state index >= 15 is 0 Å². The molecule has 1 fully saturated rings. The Morgan fingerprint density at radius 3 is 2.79 bits per heavy atom. The van der Waals surface area contributed by atoms with E-state index in [0.717, 1.165) is 25.5 Å². The van der Waals surface area contributed by atoms with Crippen molar-refractivity contribution in [3.8, 4) is 0 Å². The summed E-state index contributed by atoms with van der Waals surface area (Å²) in [5.74, 6) is 0.623. The fraction of sp³-hybridized carbons (Fsp3) is 0.778. The van der Waals surface area contributed by atoms with E-state index in [4.69, 9.17) is 4.18 Å². The first kappa shape index (κ1) is 9.98. The minimum Gasteiger partial charge on any atom is -0.387 e. The predicted molar refractivity (Wildman–Crippen MR) is 53.2 cm³/mol. The highest BCUT2D eigenvalue weighted by atomic mass is 32.2. The van der Waals surface area contributed by atoms with Crippen LogP contribution in [0.1, 0.15) is 19.3 Å². The molecule has 0 spiro atoms. The number of hydrogen-bond donors (Lipinski definition) is 0.